The summed E-state index contributed by atoms with van der Waals surface area (Å²) in [5, 5.41) is 2.60. The molecule has 3 nitrogen and oxygen atoms in total. The monoisotopic (exact) mass is 331 g/mol. The molecule has 0 bridgehead atoms. The molecule has 3 aromatic rings. The lowest BCUT2D eigenvalue weighted by Gasteiger charge is -2.16. The molecule has 0 fully saturated rings. The van der Waals surface area contributed by atoms with Crippen molar-refractivity contribution in [3.8, 4) is 0 Å². The Morgan fingerprint density at radius 2 is 1.48 bits per heavy atom. The molecule has 1 aliphatic carbocycles. The summed E-state index contributed by atoms with van der Waals surface area (Å²) in [5.41, 5.74) is 5.08. The van der Waals surface area contributed by atoms with E-state index in [0.29, 0.717) is 6.42 Å². The van der Waals surface area contributed by atoms with Gasteiger partial charge < -0.3 is 9.30 Å². The number of ether oxygens (including phenoxy) is 1. The Balaban J connectivity index is 1.68. The van der Waals surface area contributed by atoms with Crippen LogP contribution in [0.15, 0.2) is 71.8 Å². The summed E-state index contributed by atoms with van der Waals surface area (Å²) in [7, 11) is 1.44. The van der Waals surface area contributed by atoms with Crippen molar-refractivity contribution >= 4 is 27.8 Å². The van der Waals surface area contributed by atoms with Crippen LogP contribution in [0.4, 0.5) is 0 Å². The van der Waals surface area contributed by atoms with Gasteiger partial charge in [-0.3, -0.25) is 4.79 Å². The molecule has 0 aliphatic heterocycles. The molecular formula is C22H21NO2. The molecule has 4 rings (SSSR count). The summed E-state index contributed by atoms with van der Waals surface area (Å²) in [5.74, 6) is -0.162. The Hall–Kier alpha value is -2.81. The number of aromatic nitrogens is 1. The van der Waals surface area contributed by atoms with Crippen molar-refractivity contribution in [2.75, 3.05) is 7.11 Å². The van der Waals surface area contributed by atoms with Crippen molar-refractivity contribution in [2.45, 2.75) is 25.8 Å². The molecule has 0 unspecified atom stereocenters. The van der Waals surface area contributed by atoms with Crippen LogP contribution in [0.1, 0.15) is 19.3 Å². The van der Waals surface area contributed by atoms with Crippen LogP contribution < -0.4 is 0 Å². The highest BCUT2D eigenvalue weighted by Crippen LogP contribution is 2.31. The standard InChI is InChI=1S/C22H21NO2/c1-25-22(24)14-16-10-12-17(13-11-16)15-23-20-8-4-2-6-18(20)19-7-3-5-9-21(19)23/h2-10,12H,11,13-15H2,1H3. The first-order valence-corrected chi connectivity index (χ1v) is 8.66. The first kappa shape index (κ1) is 15.7. The number of hydrogen-bond acceptors (Lipinski definition) is 2. The molecule has 1 aromatic heterocycles. The topological polar surface area (TPSA) is 31.2 Å². The molecule has 2 aromatic carbocycles. The number of methoxy groups -OCH3 is 1. The Morgan fingerprint density at radius 1 is 0.920 bits per heavy atom. The van der Waals surface area contributed by atoms with E-state index in [9.17, 15) is 4.79 Å². The molecule has 0 radical (unpaired) electrons. The van der Waals surface area contributed by atoms with Gasteiger partial charge in [0.2, 0.25) is 0 Å². The van der Waals surface area contributed by atoms with Crippen LogP contribution in [-0.2, 0) is 16.1 Å². The Kier molecular flexibility index (Phi) is 4.14. The van der Waals surface area contributed by atoms with Gasteiger partial charge in [-0.25, -0.2) is 0 Å². The van der Waals surface area contributed by atoms with Gasteiger partial charge in [0.05, 0.1) is 13.5 Å². The average Bonchev–Trinajstić information content (AvgIpc) is 2.97. The van der Waals surface area contributed by atoms with E-state index >= 15 is 0 Å². The predicted molar refractivity (Wildman–Crippen MR) is 101 cm³/mol. The van der Waals surface area contributed by atoms with E-state index < -0.39 is 0 Å². The van der Waals surface area contributed by atoms with Crippen LogP contribution in [0, 0.1) is 0 Å². The molecule has 0 spiro atoms. The first-order valence-electron chi connectivity index (χ1n) is 8.66. The maximum atomic E-state index is 11.4. The summed E-state index contributed by atoms with van der Waals surface area (Å²) in [6, 6.07) is 17.2. The Labute approximate surface area is 147 Å². The second-order valence-electron chi connectivity index (χ2n) is 6.52. The number of hydrogen-bond donors (Lipinski definition) is 0. The minimum absolute atomic E-state index is 0.162. The normalized spacial score (nSPS) is 14.4. The first-order chi connectivity index (χ1) is 12.3. The summed E-state index contributed by atoms with van der Waals surface area (Å²) in [4.78, 5) is 11.4. The summed E-state index contributed by atoms with van der Waals surface area (Å²) >= 11 is 0. The maximum Gasteiger partial charge on any atom is 0.309 e. The van der Waals surface area contributed by atoms with E-state index in [1.807, 2.05) is 0 Å². The smallest absolute Gasteiger partial charge is 0.309 e. The van der Waals surface area contributed by atoms with Crippen LogP contribution in [-0.4, -0.2) is 17.6 Å². The van der Waals surface area contributed by atoms with Crippen molar-refractivity contribution in [1.82, 2.24) is 4.57 Å². The van der Waals surface area contributed by atoms with Gasteiger partial charge in [-0.1, -0.05) is 59.7 Å². The van der Waals surface area contributed by atoms with E-state index in [1.165, 1.54) is 34.5 Å². The molecule has 25 heavy (non-hydrogen) atoms. The van der Waals surface area contributed by atoms with Crippen molar-refractivity contribution in [3.63, 3.8) is 0 Å². The summed E-state index contributed by atoms with van der Waals surface area (Å²) in [6.07, 6.45) is 6.58. The third-order valence-electron chi connectivity index (χ3n) is 4.96. The Bertz CT molecular complexity index is 954. The molecule has 0 N–H and O–H groups in total. The highest BCUT2D eigenvalue weighted by Gasteiger charge is 2.14. The fourth-order valence-corrected chi connectivity index (χ4v) is 3.64. The highest BCUT2D eigenvalue weighted by molar-refractivity contribution is 6.08. The van der Waals surface area contributed by atoms with Crippen LogP contribution in [0.3, 0.4) is 0 Å². The third kappa shape index (κ3) is 2.98. The maximum absolute atomic E-state index is 11.4. The number of fused-ring (bicyclic) bond motifs is 3. The van der Waals surface area contributed by atoms with Crippen molar-refractivity contribution in [2.24, 2.45) is 0 Å². The second kappa shape index (κ2) is 6.60. The van der Waals surface area contributed by atoms with Crippen molar-refractivity contribution < 1.29 is 9.53 Å². The summed E-state index contributed by atoms with van der Waals surface area (Å²) < 4.78 is 7.16. The zero-order valence-electron chi connectivity index (χ0n) is 14.4. The van der Waals surface area contributed by atoms with Crippen LogP contribution >= 0.6 is 0 Å². The molecule has 3 heteroatoms. The lowest BCUT2D eigenvalue weighted by molar-refractivity contribution is -0.139. The van der Waals surface area contributed by atoms with Crippen molar-refractivity contribution in [1.29, 1.82) is 0 Å². The highest BCUT2D eigenvalue weighted by atomic mass is 16.5. The fourth-order valence-electron chi connectivity index (χ4n) is 3.64. The SMILES string of the molecule is COC(=O)CC1=CC=C(Cn2c3ccccc3c3ccccc32)CC1. The number of rotatable bonds is 4. The molecule has 0 atom stereocenters. The third-order valence-corrected chi connectivity index (χ3v) is 4.96. The van der Waals surface area contributed by atoms with Gasteiger partial charge in [0, 0.05) is 28.4 Å². The van der Waals surface area contributed by atoms with Crippen LogP contribution in [0.25, 0.3) is 21.8 Å². The molecule has 0 amide bonds. The van der Waals surface area contributed by atoms with Gasteiger partial charge in [0.15, 0.2) is 0 Å². The van der Waals surface area contributed by atoms with Gasteiger partial charge in [-0.15, -0.1) is 0 Å². The average molecular weight is 331 g/mol. The summed E-state index contributed by atoms with van der Waals surface area (Å²) in [6.45, 7) is 0.885. The van der Waals surface area contributed by atoms with Gasteiger partial charge in [0.1, 0.15) is 0 Å². The molecular weight excluding hydrogens is 310 g/mol. The number of nitrogens with zero attached hydrogens (tertiary/aromatic N) is 1. The lowest BCUT2D eigenvalue weighted by atomic mass is 9.96. The molecule has 126 valence electrons. The largest absolute Gasteiger partial charge is 0.469 e. The van der Waals surface area contributed by atoms with E-state index in [4.69, 9.17) is 4.74 Å². The second-order valence-corrected chi connectivity index (χ2v) is 6.52. The number of benzene rings is 2. The van der Waals surface area contributed by atoms with Gasteiger partial charge >= 0.3 is 5.97 Å². The zero-order chi connectivity index (χ0) is 17.2. The number of esters is 1. The number of carbonyl (C=O) groups is 1. The zero-order valence-corrected chi connectivity index (χ0v) is 14.4. The lowest BCUT2D eigenvalue weighted by Crippen LogP contribution is -2.07. The number of allylic oxidation sites excluding steroid dienone is 3. The Morgan fingerprint density at radius 3 is 2.04 bits per heavy atom. The molecule has 0 saturated carbocycles. The minimum Gasteiger partial charge on any atom is -0.469 e. The van der Waals surface area contributed by atoms with Crippen molar-refractivity contribution in [3.05, 3.63) is 71.8 Å². The van der Waals surface area contributed by atoms with E-state index in [1.54, 1.807) is 0 Å². The minimum atomic E-state index is -0.162. The fraction of sp³-hybridized carbons (Fsp3) is 0.227. The van der Waals surface area contributed by atoms with Gasteiger partial charge in [0.25, 0.3) is 0 Å². The van der Waals surface area contributed by atoms with Gasteiger partial charge in [-0.2, -0.15) is 0 Å². The molecule has 0 saturated heterocycles. The van der Waals surface area contributed by atoms with Crippen LogP contribution in [0.5, 0.6) is 0 Å². The molecule has 1 aliphatic rings. The quantitative estimate of drug-likeness (QED) is 0.630. The number of para-hydroxylation sites is 2. The predicted octanol–water partition coefficient (Wildman–Crippen LogP) is 5.00. The number of carbonyl (C=O) groups excluding carboxylic acids is 1. The van der Waals surface area contributed by atoms with Gasteiger partial charge in [-0.05, 0) is 25.0 Å². The van der Waals surface area contributed by atoms with E-state index in [-0.39, 0.29) is 5.97 Å². The van der Waals surface area contributed by atoms with E-state index in [2.05, 4.69) is 65.3 Å². The van der Waals surface area contributed by atoms with Crippen LogP contribution in [0.2, 0.25) is 0 Å². The molecule has 1 heterocycles. The van der Waals surface area contributed by atoms with E-state index in [0.717, 1.165) is 25.0 Å².